The number of ether oxygens (including phenoxy) is 2. The molecule has 2 rings (SSSR count). The predicted octanol–water partition coefficient (Wildman–Crippen LogP) is 3.60. The van der Waals surface area contributed by atoms with Crippen LogP contribution in [0.15, 0.2) is 42.5 Å². The van der Waals surface area contributed by atoms with Crippen LogP contribution in [0.5, 0.6) is 5.75 Å². The molecule has 1 atom stereocenters. The van der Waals surface area contributed by atoms with E-state index in [1.54, 1.807) is 24.3 Å². The van der Waals surface area contributed by atoms with E-state index in [-0.39, 0.29) is 17.1 Å². The summed E-state index contributed by atoms with van der Waals surface area (Å²) >= 11 is 5.65. The van der Waals surface area contributed by atoms with Gasteiger partial charge in [0.15, 0.2) is 6.10 Å². The van der Waals surface area contributed by atoms with Crippen LogP contribution < -0.4 is 10.1 Å². The molecular formula is C18H17ClFNO4. The van der Waals surface area contributed by atoms with Crippen LogP contribution in [-0.2, 0) is 20.7 Å². The summed E-state index contributed by atoms with van der Waals surface area (Å²) in [5.41, 5.74) is 0.605. The maximum atomic E-state index is 13.7. The number of hydrogen-bond donors (Lipinski definition) is 1. The first-order chi connectivity index (χ1) is 11.9. The van der Waals surface area contributed by atoms with E-state index in [9.17, 15) is 14.0 Å². The topological polar surface area (TPSA) is 64.6 Å². The highest BCUT2D eigenvalue weighted by molar-refractivity contribution is 6.30. The molecule has 0 heterocycles. The lowest BCUT2D eigenvalue weighted by Crippen LogP contribution is -2.30. The lowest BCUT2D eigenvalue weighted by molar-refractivity contribution is -0.152. The van der Waals surface area contributed by atoms with Gasteiger partial charge in [-0.15, -0.1) is 0 Å². The highest BCUT2D eigenvalue weighted by Gasteiger charge is 2.20. The van der Waals surface area contributed by atoms with Crippen LogP contribution in [0, 0.1) is 5.82 Å². The minimum Gasteiger partial charge on any atom is -0.496 e. The second kappa shape index (κ2) is 8.48. The van der Waals surface area contributed by atoms with E-state index < -0.39 is 23.8 Å². The number of para-hydroxylation sites is 1. The SMILES string of the molecule is COc1ccccc1CC(=O)O[C@@H](C)C(=O)Nc1ccc(Cl)cc1F. The Labute approximate surface area is 149 Å². The summed E-state index contributed by atoms with van der Waals surface area (Å²) in [7, 11) is 1.50. The molecular weight excluding hydrogens is 349 g/mol. The predicted molar refractivity (Wildman–Crippen MR) is 92.3 cm³/mol. The van der Waals surface area contributed by atoms with E-state index in [0.717, 1.165) is 6.07 Å². The van der Waals surface area contributed by atoms with Gasteiger partial charge in [0.2, 0.25) is 0 Å². The van der Waals surface area contributed by atoms with Crippen LogP contribution in [0.2, 0.25) is 5.02 Å². The molecule has 2 aromatic rings. The summed E-state index contributed by atoms with van der Waals surface area (Å²) in [6, 6.07) is 10.9. The van der Waals surface area contributed by atoms with Crippen molar-refractivity contribution in [3.63, 3.8) is 0 Å². The van der Waals surface area contributed by atoms with E-state index in [1.807, 2.05) is 0 Å². The maximum Gasteiger partial charge on any atom is 0.311 e. The van der Waals surface area contributed by atoms with E-state index in [0.29, 0.717) is 11.3 Å². The van der Waals surface area contributed by atoms with Gasteiger partial charge in [-0.1, -0.05) is 29.8 Å². The van der Waals surface area contributed by atoms with Crippen molar-refractivity contribution in [1.82, 2.24) is 0 Å². The van der Waals surface area contributed by atoms with Crippen LogP contribution in [0.25, 0.3) is 0 Å². The molecule has 0 spiro atoms. The number of hydrogen-bond acceptors (Lipinski definition) is 4. The van der Waals surface area contributed by atoms with Crippen LogP contribution in [0.4, 0.5) is 10.1 Å². The van der Waals surface area contributed by atoms with Crippen LogP contribution in [0.3, 0.4) is 0 Å². The van der Waals surface area contributed by atoms with Crippen LogP contribution in [-0.4, -0.2) is 25.1 Å². The van der Waals surface area contributed by atoms with Crippen molar-refractivity contribution >= 4 is 29.2 Å². The van der Waals surface area contributed by atoms with Crippen LogP contribution >= 0.6 is 11.6 Å². The third-order valence-electron chi connectivity index (χ3n) is 3.39. The maximum absolute atomic E-state index is 13.7. The molecule has 7 heteroatoms. The Hall–Kier alpha value is -2.60. The van der Waals surface area contributed by atoms with Gasteiger partial charge in [-0.2, -0.15) is 0 Å². The molecule has 0 unspecified atom stereocenters. The fourth-order valence-corrected chi connectivity index (χ4v) is 2.28. The van der Waals surface area contributed by atoms with Crippen molar-refractivity contribution in [2.75, 3.05) is 12.4 Å². The molecule has 0 fully saturated rings. The fraction of sp³-hybridized carbons (Fsp3) is 0.222. The molecule has 0 saturated carbocycles. The average Bonchev–Trinajstić information content (AvgIpc) is 2.57. The van der Waals surface area contributed by atoms with Gasteiger partial charge < -0.3 is 14.8 Å². The number of benzene rings is 2. The zero-order chi connectivity index (χ0) is 18.4. The van der Waals surface area contributed by atoms with Crippen molar-refractivity contribution in [2.45, 2.75) is 19.4 Å². The van der Waals surface area contributed by atoms with Gasteiger partial charge >= 0.3 is 5.97 Å². The minimum absolute atomic E-state index is 0.0398. The molecule has 1 amide bonds. The zero-order valence-corrected chi connectivity index (χ0v) is 14.5. The molecule has 2 aromatic carbocycles. The molecule has 0 aliphatic carbocycles. The Bertz CT molecular complexity index is 781. The largest absolute Gasteiger partial charge is 0.496 e. The Morgan fingerprint density at radius 3 is 2.64 bits per heavy atom. The normalized spacial score (nSPS) is 11.5. The first kappa shape index (κ1) is 18.7. The second-order valence-corrected chi connectivity index (χ2v) is 5.67. The van der Waals surface area contributed by atoms with Crippen molar-refractivity contribution in [3.8, 4) is 5.75 Å². The van der Waals surface area contributed by atoms with Crippen molar-refractivity contribution in [3.05, 3.63) is 58.9 Å². The van der Waals surface area contributed by atoms with Crippen molar-refractivity contribution in [1.29, 1.82) is 0 Å². The quantitative estimate of drug-likeness (QED) is 0.794. The molecule has 5 nitrogen and oxygen atoms in total. The number of carbonyl (C=O) groups is 2. The van der Waals surface area contributed by atoms with E-state index >= 15 is 0 Å². The number of esters is 1. The number of rotatable bonds is 6. The zero-order valence-electron chi connectivity index (χ0n) is 13.7. The van der Waals surface area contributed by atoms with Crippen LogP contribution in [0.1, 0.15) is 12.5 Å². The number of anilines is 1. The molecule has 0 saturated heterocycles. The van der Waals surface area contributed by atoms with Gasteiger partial charge in [0.05, 0.1) is 19.2 Å². The smallest absolute Gasteiger partial charge is 0.311 e. The fourth-order valence-electron chi connectivity index (χ4n) is 2.12. The molecule has 132 valence electrons. The minimum atomic E-state index is -1.09. The number of carbonyl (C=O) groups excluding carboxylic acids is 2. The average molecular weight is 366 g/mol. The molecule has 0 bridgehead atoms. The standard InChI is InChI=1S/C18H17ClFNO4/c1-11(18(23)21-15-8-7-13(19)10-14(15)20)25-17(22)9-12-5-3-4-6-16(12)24-2/h3-8,10-11H,9H2,1-2H3,(H,21,23)/t11-/m0/s1. The molecule has 25 heavy (non-hydrogen) atoms. The van der Waals surface area contributed by atoms with Crippen molar-refractivity contribution < 1.29 is 23.5 Å². The molecule has 0 aliphatic heterocycles. The van der Waals surface area contributed by atoms with Gasteiger partial charge in [0.25, 0.3) is 5.91 Å². The van der Waals surface area contributed by atoms with Gasteiger partial charge in [0, 0.05) is 10.6 Å². The number of halogens is 2. The Morgan fingerprint density at radius 2 is 1.96 bits per heavy atom. The Morgan fingerprint density at radius 1 is 1.24 bits per heavy atom. The third-order valence-corrected chi connectivity index (χ3v) is 3.63. The van der Waals surface area contributed by atoms with Crippen molar-refractivity contribution in [2.24, 2.45) is 0 Å². The number of nitrogens with one attached hydrogen (secondary N) is 1. The highest BCUT2D eigenvalue weighted by atomic mass is 35.5. The molecule has 0 radical (unpaired) electrons. The molecule has 0 aliphatic rings. The highest BCUT2D eigenvalue weighted by Crippen LogP contribution is 2.20. The monoisotopic (exact) mass is 365 g/mol. The van der Waals surface area contributed by atoms with Gasteiger partial charge in [0.1, 0.15) is 11.6 Å². The summed E-state index contributed by atoms with van der Waals surface area (Å²) in [5.74, 6) is -1.36. The van der Waals surface area contributed by atoms with E-state index in [4.69, 9.17) is 21.1 Å². The summed E-state index contributed by atoms with van der Waals surface area (Å²) in [6.45, 7) is 1.41. The Kier molecular flexibility index (Phi) is 6.36. The van der Waals surface area contributed by atoms with E-state index in [2.05, 4.69) is 5.32 Å². The first-order valence-electron chi connectivity index (χ1n) is 7.48. The van der Waals surface area contributed by atoms with Gasteiger partial charge in [-0.3, -0.25) is 9.59 Å². The number of methoxy groups -OCH3 is 1. The summed E-state index contributed by atoms with van der Waals surface area (Å²) in [4.78, 5) is 24.1. The van der Waals surface area contributed by atoms with Gasteiger partial charge in [-0.25, -0.2) is 4.39 Å². The summed E-state index contributed by atoms with van der Waals surface area (Å²) < 4.78 is 23.9. The first-order valence-corrected chi connectivity index (χ1v) is 7.85. The molecule has 0 aromatic heterocycles. The summed E-state index contributed by atoms with van der Waals surface area (Å²) in [6.07, 6.45) is -1.13. The Balaban J connectivity index is 1.95. The number of amides is 1. The third kappa shape index (κ3) is 5.19. The summed E-state index contributed by atoms with van der Waals surface area (Å²) in [5, 5.41) is 2.57. The second-order valence-electron chi connectivity index (χ2n) is 5.23. The van der Waals surface area contributed by atoms with Gasteiger partial charge in [-0.05, 0) is 31.2 Å². The lowest BCUT2D eigenvalue weighted by atomic mass is 10.1. The van der Waals surface area contributed by atoms with E-state index in [1.165, 1.54) is 26.2 Å². The lowest BCUT2D eigenvalue weighted by Gasteiger charge is -2.14. The molecule has 1 N–H and O–H groups in total.